The van der Waals surface area contributed by atoms with E-state index in [9.17, 15) is 35.6 Å². The van der Waals surface area contributed by atoms with Crippen LogP contribution in [0.1, 0.15) is 37.0 Å². The van der Waals surface area contributed by atoms with E-state index in [1.165, 1.54) is 48.5 Å². The second kappa shape index (κ2) is 13.6. The molecule has 0 aliphatic rings. The van der Waals surface area contributed by atoms with Crippen LogP contribution in [-0.2, 0) is 32.3 Å². The lowest BCUT2D eigenvalue weighted by atomic mass is 10.1. The summed E-state index contributed by atoms with van der Waals surface area (Å²) in [5.41, 5.74) is -0.546. The highest BCUT2D eigenvalue weighted by Gasteiger charge is 2.37. The highest BCUT2D eigenvalue weighted by atomic mass is 35.5. The molecule has 0 bridgehead atoms. The predicted octanol–water partition coefficient (Wildman–Crippen LogP) is 5.95. The number of halogens is 5. The average molecular weight is 628 g/mol. The molecule has 226 valence electrons. The monoisotopic (exact) mass is 627 g/mol. The Morgan fingerprint density at radius 2 is 1.60 bits per heavy atom. The zero-order chi connectivity index (χ0) is 31.2. The first-order valence-electron chi connectivity index (χ1n) is 13.0. The van der Waals surface area contributed by atoms with Crippen molar-refractivity contribution in [2.45, 2.75) is 50.9 Å². The Bertz CT molecular complexity index is 1520. The lowest BCUT2D eigenvalue weighted by molar-refractivity contribution is -0.140. The second-order valence-corrected chi connectivity index (χ2v) is 11.7. The van der Waals surface area contributed by atoms with Crippen LogP contribution < -0.4 is 9.62 Å². The second-order valence-electron chi connectivity index (χ2n) is 9.45. The molecule has 0 aliphatic heterocycles. The van der Waals surface area contributed by atoms with Gasteiger partial charge in [0.2, 0.25) is 11.8 Å². The highest BCUT2D eigenvalue weighted by molar-refractivity contribution is 7.92. The van der Waals surface area contributed by atoms with Crippen LogP contribution >= 0.6 is 11.6 Å². The number of rotatable bonds is 11. The van der Waals surface area contributed by atoms with Crippen LogP contribution in [0.5, 0.6) is 0 Å². The fraction of sp³-hybridized carbons (Fsp3) is 0.310. The Balaban J connectivity index is 2.14. The zero-order valence-corrected chi connectivity index (χ0v) is 24.7. The van der Waals surface area contributed by atoms with E-state index in [0.717, 1.165) is 22.6 Å². The predicted molar refractivity (Wildman–Crippen MR) is 152 cm³/mol. The molecule has 7 nitrogen and oxygen atoms in total. The fourth-order valence-electron chi connectivity index (χ4n) is 4.25. The third kappa shape index (κ3) is 7.80. The molecule has 2 amide bonds. The molecular weight excluding hydrogens is 598 g/mol. The van der Waals surface area contributed by atoms with Gasteiger partial charge >= 0.3 is 6.18 Å². The number of nitrogens with one attached hydrogen (secondary N) is 1. The Kier molecular flexibility index (Phi) is 10.6. The van der Waals surface area contributed by atoms with Crippen LogP contribution in [0, 0.1) is 12.7 Å². The Morgan fingerprint density at radius 1 is 0.976 bits per heavy atom. The van der Waals surface area contributed by atoms with Gasteiger partial charge in [0.1, 0.15) is 18.4 Å². The van der Waals surface area contributed by atoms with Gasteiger partial charge in [-0.3, -0.25) is 13.9 Å². The maximum absolute atomic E-state index is 13.9. The largest absolute Gasteiger partial charge is 0.417 e. The van der Waals surface area contributed by atoms with E-state index in [1.807, 2.05) is 0 Å². The maximum atomic E-state index is 13.9. The maximum Gasteiger partial charge on any atom is 0.417 e. The molecule has 0 aliphatic carbocycles. The third-order valence-electron chi connectivity index (χ3n) is 6.43. The Hall–Kier alpha value is -3.64. The summed E-state index contributed by atoms with van der Waals surface area (Å²) in [5, 5.41) is 1.99. The molecular formula is C29H30ClF4N3O4S. The number of likely N-dealkylation sites (N-methyl/N-ethyl adjacent to an activating group) is 1. The summed E-state index contributed by atoms with van der Waals surface area (Å²) in [5.74, 6) is -1.89. The summed E-state index contributed by atoms with van der Waals surface area (Å²) in [6, 6.07) is 12.2. The summed E-state index contributed by atoms with van der Waals surface area (Å²) in [6.45, 7) is 4.19. The van der Waals surface area contributed by atoms with Crippen molar-refractivity contribution in [3.8, 4) is 0 Å². The number of carbonyl (C=O) groups is 2. The molecule has 0 heterocycles. The standard InChI is InChI=1S/C29H30ClF4N3O4S/c1-4-26(28(39)35-5-2)36(17-20-8-10-21(31)11-9-20)27(38)18-37(42(40,41)23-13-6-19(3)7-14-23)22-12-15-25(30)24(16-22)29(32,33)34/h6-16,26H,4-5,17-18H2,1-3H3,(H,35,39)/t26-/m0/s1. The van der Waals surface area contributed by atoms with Crippen LogP contribution in [-0.4, -0.2) is 44.3 Å². The summed E-state index contributed by atoms with van der Waals surface area (Å²) in [6.07, 6.45) is -4.76. The molecule has 0 spiro atoms. The minimum Gasteiger partial charge on any atom is -0.355 e. The van der Waals surface area contributed by atoms with Crippen LogP contribution in [0.25, 0.3) is 0 Å². The van der Waals surface area contributed by atoms with E-state index in [2.05, 4.69) is 5.32 Å². The molecule has 3 aromatic rings. The lowest BCUT2D eigenvalue weighted by Crippen LogP contribution is -2.52. The zero-order valence-electron chi connectivity index (χ0n) is 23.1. The van der Waals surface area contributed by atoms with Crippen molar-refractivity contribution in [2.75, 3.05) is 17.4 Å². The van der Waals surface area contributed by atoms with Gasteiger partial charge in [-0.2, -0.15) is 13.2 Å². The number of benzene rings is 3. The fourth-order valence-corrected chi connectivity index (χ4v) is 5.88. The first-order chi connectivity index (χ1) is 19.7. The number of sulfonamides is 1. The van der Waals surface area contributed by atoms with Gasteiger partial charge in [-0.15, -0.1) is 0 Å². The summed E-state index contributed by atoms with van der Waals surface area (Å²) in [4.78, 5) is 27.7. The van der Waals surface area contributed by atoms with E-state index in [-0.39, 0.29) is 24.4 Å². The van der Waals surface area contributed by atoms with Gasteiger partial charge in [0.05, 0.1) is 21.2 Å². The summed E-state index contributed by atoms with van der Waals surface area (Å²) < 4.78 is 83.0. The van der Waals surface area contributed by atoms with Crippen molar-refractivity contribution in [1.29, 1.82) is 0 Å². The molecule has 42 heavy (non-hydrogen) atoms. The number of nitrogens with zero attached hydrogens (tertiary/aromatic N) is 2. The van der Waals surface area contributed by atoms with Crippen molar-refractivity contribution in [3.05, 3.63) is 94.3 Å². The molecule has 1 N–H and O–H groups in total. The summed E-state index contributed by atoms with van der Waals surface area (Å²) >= 11 is 5.78. The average Bonchev–Trinajstić information content (AvgIpc) is 2.92. The number of aryl methyl sites for hydroxylation is 1. The van der Waals surface area contributed by atoms with Crippen molar-refractivity contribution in [1.82, 2.24) is 10.2 Å². The molecule has 1 atom stereocenters. The van der Waals surface area contributed by atoms with Gasteiger partial charge in [-0.25, -0.2) is 12.8 Å². The third-order valence-corrected chi connectivity index (χ3v) is 8.55. The first kappa shape index (κ1) is 32.9. The lowest BCUT2D eigenvalue weighted by Gasteiger charge is -2.33. The smallest absolute Gasteiger partial charge is 0.355 e. The van der Waals surface area contributed by atoms with Crippen molar-refractivity contribution < 1.29 is 35.6 Å². The number of alkyl halides is 3. The molecule has 0 aromatic heterocycles. The molecule has 0 unspecified atom stereocenters. The minimum atomic E-state index is -4.91. The first-order valence-corrected chi connectivity index (χ1v) is 14.8. The quantitative estimate of drug-likeness (QED) is 0.267. The summed E-state index contributed by atoms with van der Waals surface area (Å²) in [7, 11) is -4.59. The SMILES string of the molecule is CCNC(=O)[C@H](CC)N(Cc1ccc(F)cc1)C(=O)CN(c1ccc(Cl)c(C(F)(F)F)c1)S(=O)(=O)c1ccc(C)cc1. The number of amides is 2. The van der Waals surface area contributed by atoms with Crippen molar-refractivity contribution in [2.24, 2.45) is 0 Å². The van der Waals surface area contributed by atoms with Crippen molar-refractivity contribution >= 4 is 39.1 Å². The van der Waals surface area contributed by atoms with Crippen LogP contribution in [0.15, 0.2) is 71.6 Å². The van der Waals surface area contributed by atoms with Crippen molar-refractivity contribution in [3.63, 3.8) is 0 Å². The molecule has 0 fully saturated rings. The van der Waals surface area contributed by atoms with Gasteiger partial charge in [0, 0.05) is 13.1 Å². The van der Waals surface area contributed by atoms with E-state index in [0.29, 0.717) is 15.9 Å². The van der Waals surface area contributed by atoms with E-state index < -0.39 is 62.7 Å². The molecule has 3 aromatic carbocycles. The van der Waals surface area contributed by atoms with E-state index in [1.54, 1.807) is 20.8 Å². The Morgan fingerprint density at radius 3 is 2.14 bits per heavy atom. The molecule has 0 radical (unpaired) electrons. The number of carbonyl (C=O) groups excluding carboxylic acids is 2. The molecule has 0 saturated carbocycles. The van der Waals surface area contributed by atoms with E-state index in [4.69, 9.17) is 11.6 Å². The van der Waals surface area contributed by atoms with Gasteiger partial charge in [-0.1, -0.05) is 48.4 Å². The van der Waals surface area contributed by atoms with Gasteiger partial charge < -0.3 is 10.2 Å². The van der Waals surface area contributed by atoms with Crippen LogP contribution in [0.4, 0.5) is 23.2 Å². The van der Waals surface area contributed by atoms with Gasteiger partial charge in [0.15, 0.2) is 0 Å². The number of hydrogen-bond donors (Lipinski definition) is 1. The van der Waals surface area contributed by atoms with Crippen LogP contribution in [0.2, 0.25) is 5.02 Å². The highest BCUT2D eigenvalue weighted by Crippen LogP contribution is 2.38. The molecule has 0 saturated heterocycles. The Labute approximate surface area is 247 Å². The van der Waals surface area contributed by atoms with Gasteiger partial charge in [-0.05, 0) is 68.3 Å². The van der Waals surface area contributed by atoms with Crippen LogP contribution in [0.3, 0.4) is 0 Å². The molecule has 3 rings (SSSR count). The topological polar surface area (TPSA) is 86.8 Å². The normalized spacial score (nSPS) is 12.5. The minimum absolute atomic E-state index is 0.142. The number of anilines is 1. The van der Waals surface area contributed by atoms with Gasteiger partial charge in [0.25, 0.3) is 10.0 Å². The van der Waals surface area contributed by atoms with E-state index >= 15 is 0 Å². The molecule has 13 heteroatoms. The number of hydrogen-bond acceptors (Lipinski definition) is 4.